The molecule has 7 nitrogen and oxygen atoms in total. The van der Waals surface area contributed by atoms with Crippen LogP contribution in [-0.2, 0) is 11.8 Å². The first-order chi connectivity index (χ1) is 9.23. The van der Waals surface area contributed by atoms with E-state index in [1.54, 1.807) is 7.05 Å². The maximum atomic E-state index is 12.0. The summed E-state index contributed by atoms with van der Waals surface area (Å²) in [6.45, 7) is 5.84. The molecule has 1 atom stereocenters. The summed E-state index contributed by atoms with van der Waals surface area (Å²) < 4.78 is 1.74. The van der Waals surface area contributed by atoms with Gasteiger partial charge in [0.25, 0.3) is 5.91 Å². The van der Waals surface area contributed by atoms with E-state index in [2.05, 4.69) is 31.7 Å². The Bertz CT molecular complexity index is 512. The van der Waals surface area contributed by atoms with Crippen LogP contribution < -0.4 is 16.4 Å². The van der Waals surface area contributed by atoms with Crippen molar-refractivity contribution in [2.24, 2.45) is 13.0 Å². The lowest BCUT2D eigenvalue weighted by atomic mass is 10.1. The lowest BCUT2D eigenvalue weighted by Gasteiger charge is -2.17. The molecule has 0 aliphatic rings. The molecular weight excluding hydrogens is 326 g/mol. The molecule has 1 rings (SSSR count). The molecule has 0 spiro atoms. The van der Waals surface area contributed by atoms with E-state index in [1.165, 1.54) is 4.68 Å². The van der Waals surface area contributed by atoms with Crippen LogP contribution in [0.15, 0.2) is 4.60 Å². The van der Waals surface area contributed by atoms with Crippen molar-refractivity contribution in [1.82, 2.24) is 20.4 Å². The van der Waals surface area contributed by atoms with Crippen LogP contribution in [0.5, 0.6) is 0 Å². The molecule has 8 heteroatoms. The largest absolute Gasteiger partial charge is 0.383 e. The van der Waals surface area contributed by atoms with Gasteiger partial charge >= 0.3 is 0 Å². The normalized spacial score (nSPS) is 12.3. The molecule has 0 radical (unpaired) electrons. The number of carbonyl (C=O) groups excluding carboxylic acids is 2. The van der Waals surface area contributed by atoms with Crippen LogP contribution in [0.4, 0.5) is 5.82 Å². The zero-order chi connectivity index (χ0) is 15.4. The predicted octanol–water partition coefficient (Wildman–Crippen LogP) is 0.655. The topological polar surface area (TPSA) is 102 Å². The van der Waals surface area contributed by atoms with Gasteiger partial charge in [-0.15, -0.1) is 0 Å². The Morgan fingerprint density at radius 2 is 2.00 bits per heavy atom. The highest BCUT2D eigenvalue weighted by molar-refractivity contribution is 9.10. The van der Waals surface area contributed by atoms with Crippen molar-refractivity contribution >= 4 is 33.6 Å². The van der Waals surface area contributed by atoms with Crippen LogP contribution in [0.25, 0.3) is 0 Å². The second-order valence-corrected chi connectivity index (χ2v) is 5.71. The minimum atomic E-state index is -0.435. The molecule has 4 N–H and O–H groups in total. The first kappa shape index (κ1) is 16.5. The maximum absolute atomic E-state index is 12.0. The van der Waals surface area contributed by atoms with Gasteiger partial charge < -0.3 is 16.4 Å². The molecule has 2 amide bonds. The number of carbonyl (C=O) groups is 2. The molecule has 0 aliphatic heterocycles. The fourth-order valence-corrected chi connectivity index (χ4v) is 2.05. The molecule has 0 saturated carbocycles. The highest BCUT2D eigenvalue weighted by atomic mass is 79.9. The van der Waals surface area contributed by atoms with Crippen LogP contribution >= 0.6 is 15.9 Å². The van der Waals surface area contributed by atoms with Crippen LogP contribution in [0.1, 0.15) is 31.1 Å². The van der Waals surface area contributed by atoms with Crippen molar-refractivity contribution in [3.05, 3.63) is 10.2 Å². The number of aromatic nitrogens is 2. The van der Waals surface area contributed by atoms with Crippen molar-refractivity contribution < 1.29 is 9.59 Å². The SMILES string of the molecule is CC(C)[C@H](C)NC(=O)CNC(=O)c1c(Br)nn(C)c1N. The fraction of sp³-hybridized carbons (Fsp3) is 0.583. The van der Waals surface area contributed by atoms with E-state index in [4.69, 9.17) is 5.73 Å². The molecule has 0 saturated heterocycles. The standard InChI is InChI=1S/C12H20BrN5O2/c1-6(2)7(3)16-8(19)5-15-12(20)9-10(13)17-18(4)11(9)14/h6-7H,5,14H2,1-4H3,(H,15,20)(H,16,19)/t7-/m0/s1. The molecule has 1 aromatic rings. The number of anilines is 1. The number of aryl methyl sites for hydroxylation is 1. The van der Waals surface area contributed by atoms with E-state index in [0.717, 1.165) is 0 Å². The van der Waals surface area contributed by atoms with Crippen LogP contribution in [0.3, 0.4) is 0 Å². The van der Waals surface area contributed by atoms with E-state index in [9.17, 15) is 9.59 Å². The Hall–Kier alpha value is -1.57. The Morgan fingerprint density at radius 1 is 1.40 bits per heavy atom. The second kappa shape index (κ2) is 6.74. The van der Waals surface area contributed by atoms with Gasteiger partial charge in [0.2, 0.25) is 5.91 Å². The van der Waals surface area contributed by atoms with E-state index >= 15 is 0 Å². The molecule has 0 fully saturated rings. The minimum absolute atomic E-state index is 0.0506. The quantitative estimate of drug-likeness (QED) is 0.729. The number of amides is 2. The summed E-state index contributed by atoms with van der Waals surface area (Å²) in [6.07, 6.45) is 0. The summed E-state index contributed by atoms with van der Waals surface area (Å²) in [7, 11) is 1.63. The molecular formula is C12H20BrN5O2. The smallest absolute Gasteiger partial charge is 0.258 e. The first-order valence-corrected chi connectivity index (χ1v) is 7.08. The van der Waals surface area contributed by atoms with Crippen molar-refractivity contribution in [1.29, 1.82) is 0 Å². The van der Waals surface area contributed by atoms with Crippen molar-refractivity contribution in [2.75, 3.05) is 12.3 Å². The Balaban J connectivity index is 2.58. The predicted molar refractivity (Wildman–Crippen MR) is 80.1 cm³/mol. The number of nitrogens with zero attached hydrogens (tertiary/aromatic N) is 2. The molecule has 1 heterocycles. The number of halogens is 1. The molecule has 0 bridgehead atoms. The van der Waals surface area contributed by atoms with Crippen LogP contribution in [0, 0.1) is 5.92 Å². The van der Waals surface area contributed by atoms with Gasteiger partial charge in [0.15, 0.2) is 0 Å². The molecule has 20 heavy (non-hydrogen) atoms. The lowest BCUT2D eigenvalue weighted by molar-refractivity contribution is -0.121. The van der Waals surface area contributed by atoms with Crippen LogP contribution in [-0.4, -0.2) is 34.2 Å². The lowest BCUT2D eigenvalue weighted by Crippen LogP contribution is -2.42. The van der Waals surface area contributed by atoms with Gasteiger partial charge in [0.05, 0.1) is 6.54 Å². The minimum Gasteiger partial charge on any atom is -0.383 e. The fourth-order valence-electron chi connectivity index (χ4n) is 1.43. The monoisotopic (exact) mass is 345 g/mol. The Labute approximate surface area is 126 Å². The first-order valence-electron chi connectivity index (χ1n) is 6.29. The molecule has 1 aromatic heterocycles. The summed E-state index contributed by atoms with van der Waals surface area (Å²) in [5, 5.41) is 9.30. The molecule has 0 unspecified atom stereocenters. The molecule has 0 aliphatic carbocycles. The summed E-state index contributed by atoms with van der Waals surface area (Å²) in [6, 6.07) is 0.0506. The van der Waals surface area contributed by atoms with Gasteiger partial charge in [-0.05, 0) is 28.8 Å². The van der Waals surface area contributed by atoms with Crippen molar-refractivity contribution in [3.8, 4) is 0 Å². The average Bonchev–Trinajstić information content (AvgIpc) is 2.60. The van der Waals surface area contributed by atoms with Crippen molar-refractivity contribution in [3.63, 3.8) is 0 Å². The number of nitrogens with two attached hydrogens (primary N) is 1. The third-order valence-corrected chi connectivity index (χ3v) is 3.63. The summed E-state index contributed by atoms with van der Waals surface area (Å²) in [5.41, 5.74) is 5.97. The zero-order valence-electron chi connectivity index (χ0n) is 12.0. The molecule has 112 valence electrons. The van der Waals surface area contributed by atoms with Gasteiger partial charge in [0, 0.05) is 13.1 Å². The van der Waals surface area contributed by atoms with E-state index in [-0.39, 0.29) is 29.9 Å². The third kappa shape index (κ3) is 3.96. The van der Waals surface area contributed by atoms with Gasteiger partial charge in [-0.1, -0.05) is 13.8 Å². The Morgan fingerprint density at radius 3 is 2.45 bits per heavy atom. The summed E-state index contributed by atoms with van der Waals surface area (Å²) >= 11 is 3.16. The third-order valence-electron chi connectivity index (χ3n) is 3.07. The van der Waals surface area contributed by atoms with Gasteiger partial charge in [-0.25, -0.2) is 0 Å². The van der Waals surface area contributed by atoms with Gasteiger partial charge in [-0.3, -0.25) is 14.3 Å². The highest BCUT2D eigenvalue weighted by Gasteiger charge is 2.20. The summed E-state index contributed by atoms with van der Waals surface area (Å²) in [5.74, 6) is -0.101. The highest BCUT2D eigenvalue weighted by Crippen LogP contribution is 2.20. The van der Waals surface area contributed by atoms with Gasteiger partial charge in [0.1, 0.15) is 16.0 Å². The van der Waals surface area contributed by atoms with Crippen LogP contribution in [0.2, 0.25) is 0 Å². The Kier molecular flexibility index (Phi) is 5.55. The second-order valence-electron chi connectivity index (χ2n) is 4.96. The maximum Gasteiger partial charge on any atom is 0.258 e. The van der Waals surface area contributed by atoms with Crippen molar-refractivity contribution in [2.45, 2.75) is 26.8 Å². The number of rotatable bonds is 5. The number of hydrogen-bond donors (Lipinski definition) is 3. The number of nitrogens with one attached hydrogen (secondary N) is 2. The number of hydrogen-bond acceptors (Lipinski definition) is 4. The van der Waals surface area contributed by atoms with E-state index in [0.29, 0.717) is 10.5 Å². The average molecular weight is 346 g/mol. The van der Waals surface area contributed by atoms with E-state index in [1.807, 2.05) is 20.8 Å². The van der Waals surface area contributed by atoms with E-state index < -0.39 is 5.91 Å². The van der Waals surface area contributed by atoms with Gasteiger partial charge in [-0.2, -0.15) is 5.10 Å². The zero-order valence-corrected chi connectivity index (χ0v) is 13.6. The summed E-state index contributed by atoms with van der Waals surface area (Å²) in [4.78, 5) is 23.6. The number of nitrogen functional groups attached to an aromatic ring is 1. The molecule has 0 aromatic carbocycles.